The number of pyridine rings is 2. The molecule has 0 atom stereocenters. The first kappa shape index (κ1) is 25.6. The minimum absolute atomic E-state index is 0.00568. The van der Waals surface area contributed by atoms with Gasteiger partial charge in [0.15, 0.2) is 11.5 Å². The second-order valence-corrected chi connectivity index (χ2v) is 11.1. The molecule has 1 saturated heterocycles. The Labute approximate surface area is 236 Å². The number of piperazine rings is 1. The van der Waals surface area contributed by atoms with Crippen LogP contribution in [0.15, 0.2) is 42.9 Å². The molecule has 210 valence electrons. The van der Waals surface area contributed by atoms with E-state index in [2.05, 4.69) is 47.3 Å². The monoisotopic (exact) mass is 553 g/mol. The van der Waals surface area contributed by atoms with E-state index in [4.69, 9.17) is 4.98 Å². The number of aromatic amines is 2. The maximum absolute atomic E-state index is 15.4. The Morgan fingerprint density at radius 1 is 1.07 bits per heavy atom. The molecule has 2 fully saturated rings. The van der Waals surface area contributed by atoms with Crippen LogP contribution in [0.3, 0.4) is 0 Å². The first-order valence-electron chi connectivity index (χ1n) is 14.3. The SMILES string of the molecule is CN1CCN(c2ccnc3nc(-c4n[nH]c5cc(F)c(-c6cncc(NC(=O)C7CCCCC7)c6)cc45)[nH]c23)CC1. The Morgan fingerprint density at radius 3 is 2.73 bits per heavy atom. The summed E-state index contributed by atoms with van der Waals surface area (Å²) in [6.45, 7) is 3.82. The molecular formula is C30H32FN9O. The molecule has 1 aliphatic heterocycles. The van der Waals surface area contributed by atoms with Crippen molar-refractivity contribution >= 4 is 39.3 Å². The van der Waals surface area contributed by atoms with Gasteiger partial charge in [0.25, 0.3) is 0 Å². The van der Waals surface area contributed by atoms with Gasteiger partial charge in [-0.3, -0.25) is 14.9 Å². The Hall–Kier alpha value is -4.38. The minimum Gasteiger partial charge on any atom is -0.367 e. The van der Waals surface area contributed by atoms with Crippen LogP contribution in [0.4, 0.5) is 15.8 Å². The molecule has 5 heterocycles. The van der Waals surface area contributed by atoms with E-state index in [0.29, 0.717) is 39.5 Å². The molecule has 2 aliphatic rings. The van der Waals surface area contributed by atoms with Gasteiger partial charge in [-0.05, 0) is 38.1 Å². The van der Waals surface area contributed by atoms with Gasteiger partial charge in [-0.25, -0.2) is 14.4 Å². The molecule has 0 radical (unpaired) electrons. The average Bonchev–Trinajstić information content (AvgIpc) is 3.61. The number of fused-ring (bicyclic) bond motifs is 2. The van der Waals surface area contributed by atoms with Crippen molar-refractivity contribution < 1.29 is 9.18 Å². The largest absolute Gasteiger partial charge is 0.367 e. The van der Waals surface area contributed by atoms with Gasteiger partial charge >= 0.3 is 0 Å². The van der Waals surface area contributed by atoms with Gasteiger partial charge in [-0.1, -0.05) is 19.3 Å². The summed E-state index contributed by atoms with van der Waals surface area (Å²) in [5.74, 6) is 0.175. The lowest BCUT2D eigenvalue weighted by Gasteiger charge is -2.34. The number of H-pyrrole nitrogens is 2. The number of rotatable bonds is 5. The first-order chi connectivity index (χ1) is 20.0. The zero-order valence-electron chi connectivity index (χ0n) is 23.0. The van der Waals surface area contributed by atoms with Gasteiger partial charge in [0, 0.05) is 67.1 Å². The summed E-state index contributed by atoms with van der Waals surface area (Å²) in [7, 11) is 2.13. The quantitative estimate of drug-likeness (QED) is 0.281. The van der Waals surface area contributed by atoms with Gasteiger partial charge < -0.3 is 20.1 Å². The van der Waals surface area contributed by atoms with E-state index in [1.807, 2.05) is 6.07 Å². The zero-order valence-corrected chi connectivity index (χ0v) is 23.0. The van der Waals surface area contributed by atoms with Crippen molar-refractivity contribution in [2.45, 2.75) is 32.1 Å². The molecular weight excluding hydrogens is 521 g/mol. The topological polar surface area (TPSA) is 119 Å². The lowest BCUT2D eigenvalue weighted by molar-refractivity contribution is -0.120. The Bertz CT molecular complexity index is 1730. The van der Waals surface area contributed by atoms with Crippen molar-refractivity contribution in [2.24, 2.45) is 5.92 Å². The fraction of sp³-hybridized carbons (Fsp3) is 0.367. The number of anilines is 2. The van der Waals surface area contributed by atoms with Crippen LogP contribution >= 0.6 is 0 Å². The molecule has 41 heavy (non-hydrogen) atoms. The number of halogens is 1. The van der Waals surface area contributed by atoms with Gasteiger partial charge in [0.05, 0.1) is 23.1 Å². The van der Waals surface area contributed by atoms with Crippen molar-refractivity contribution in [3.05, 3.63) is 48.7 Å². The summed E-state index contributed by atoms with van der Waals surface area (Å²) in [5, 5.41) is 11.1. The van der Waals surface area contributed by atoms with Crippen molar-refractivity contribution in [3.8, 4) is 22.6 Å². The third kappa shape index (κ3) is 4.90. The van der Waals surface area contributed by atoms with Crippen LogP contribution in [0.5, 0.6) is 0 Å². The second kappa shape index (κ2) is 10.5. The predicted octanol–water partition coefficient (Wildman–Crippen LogP) is 4.97. The van der Waals surface area contributed by atoms with Crippen molar-refractivity contribution in [3.63, 3.8) is 0 Å². The number of nitrogens with zero attached hydrogens (tertiary/aromatic N) is 6. The molecule has 3 N–H and O–H groups in total. The van der Waals surface area contributed by atoms with Crippen LogP contribution in [0.1, 0.15) is 32.1 Å². The molecule has 0 unspecified atom stereocenters. The van der Waals surface area contributed by atoms with Crippen molar-refractivity contribution in [1.29, 1.82) is 0 Å². The van der Waals surface area contributed by atoms with Gasteiger partial charge in [0.1, 0.15) is 17.0 Å². The third-order valence-corrected chi connectivity index (χ3v) is 8.38. The molecule has 0 spiro atoms. The van der Waals surface area contributed by atoms with E-state index in [9.17, 15) is 4.79 Å². The minimum atomic E-state index is -0.408. The molecule has 10 nitrogen and oxygen atoms in total. The smallest absolute Gasteiger partial charge is 0.227 e. The molecule has 11 heteroatoms. The highest BCUT2D eigenvalue weighted by Gasteiger charge is 2.23. The molecule has 1 saturated carbocycles. The highest BCUT2D eigenvalue weighted by Crippen LogP contribution is 2.34. The van der Waals surface area contributed by atoms with Crippen LogP contribution in [-0.2, 0) is 4.79 Å². The van der Waals surface area contributed by atoms with Gasteiger partial charge in [-0.2, -0.15) is 5.10 Å². The Balaban J connectivity index is 1.22. The van der Waals surface area contributed by atoms with Gasteiger partial charge in [0.2, 0.25) is 5.91 Å². The number of amides is 1. The van der Waals surface area contributed by atoms with E-state index in [0.717, 1.165) is 68.5 Å². The van der Waals surface area contributed by atoms with E-state index in [1.165, 1.54) is 12.5 Å². The molecule has 0 bridgehead atoms. The Morgan fingerprint density at radius 2 is 1.90 bits per heavy atom. The second-order valence-electron chi connectivity index (χ2n) is 11.1. The number of carbonyl (C=O) groups excluding carboxylic acids is 1. The van der Waals surface area contributed by atoms with Crippen LogP contribution < -0.4 is 10.2 Å². The van der Waals surface area contributed by atoms with Crippen LogP contribution in [0.2, 0.25) is 0 Å². The highest BCUT2D eigenvalue weighted by atomic mass is 19.1. The van der Waals surface area contributed by atoms with E-state index < -0.39 is 5.82 Å². The summed E-state index contributed by atoms with van der Waals surface area (Å²) in [6.07, 6.45) is 10.1. The lowest BCUT2D eigenvalue weighted by Crippen LogP contribution is -2.44. The molecule has 4 aromatic heterocycles. The predicted molar refractivity (Wildman–Crippen MR) is 157 cm³/mol. The number of benzene rings is 1. The number of aromatic nitrogens is 6. The maximum atomic E-state index is 15.4. The standard InChI is InChI=1S/C30H32FN9O/c1-39-9-11-40(12-10-39)25-7-8-33-28-27(25)35-29(36-28)26-22-14-21(23(31)15-24(22)37-38-26)19-13-20(17-32-16-19)34-30(41)18-5-3-2-4-6-18/h7-8,13-18H,2-6,9-12H2,1H3,(H,34,41)(H,37,38)(H,33,35,36). The zero-order chi connectivity index (χ0) is 27.9. The summed E-state index contributed by atoms with van der Waals surface area (Å²) in [6, 6.07) is 6.98. The fourth-order valence-corrected chi connectivity index (χ4v) is 6.03. The van der Waals surface area contributed by atoms with E-state index >= 15 is 4.39 Å². The van der Waals surface area contributed by atoms with Gasteiger partial charge in [-0.15, -0.1) is 0 Å². The number of likely N-dealkylation sites (N-methyl/N-ethyl adjacent to an activating group) is 1. The summed E-state index contributed by atoms with van der Waals surface area (Å²) < 4.78 is 15.4. The normalized spacial score (nSPS) is 17.0. The number of imidazole rings is 1. The van der Waals surface area contributed by atoms with Crippen molar-refractivity contribution in [2.75, 3.05) is 43.4 Å². The van der Waals surface area contributed by atoms with Crippen molar-refractivity contribution in [1.82, 2.24) is 35.0 Å². The molecule has 1 aromatic carbocycles. The van der Waals surface area contributed by atoms with E-state index in [-0.39, 0.29) is 11.8 Å². The van der Waals surface area contributed by atoms with Crippen LogP contribution in [0, 0.1) is 11.7 Å². The highest BCUT2D eigenvalue weighted by molar-refractivity contribution is 5.97. The van der Waals surface area contributed by atoms with E-state index in [1.54, 1.807) is 30.7 Å². The first-order valence-corrected chi connectivity index (χ1v) is 14.3. The molecule has 1 amide bonds. The average molecular weight is 554 g/mol. The van der Waals surface area contributed by atoms with Crippen LogP contribution in [0.25, 0.3) is 44.7 Å². The van der Waals surface area contributed by atoms with Crippen LogP contribution in [-0.4, -0.2) is 74.2 Å². The fourth-order valence-electron chi connectivity index (χ4n) is 6.03. The number of carbonyl (C=O) groups is 1. The Kier molecular flexibility index (Phi) is 6.58. The number of nitrogens with one attached hydrogen (secondary N) is 3. The summed E-state index contributed by atoms with van der Waals surface area (Å²) in [5.41, 5.74) is 5.17. The molecule has 5 aromatic rings. The molecule has 1 aliphatic carbocycles. The maximum Gasteiger partial charge on any atom is 0.227 e. The third-order valence-electron chi connectivity index (χ3n) is 8.38. The number of hydrogen-bond acceptors (Lipinski definition) is 7. The summed E-state index contributed by atoms with van der Waals surface area (Å²) >= 11 is 0. The number of hydrogen-bond donors (Lipinski definition) is 3. The molecule has 7 rings (SSSR count). The lowest BCUT2D eigenvalue weighted by atomic mass is 9.88. The summed E-state index contributed by atoms with van der Waals surface area (Å²) in [4.78, 5) is 34.4.